The van der Waals surface area contributed by atoms with Crippen molar-refractivity contribution in [3.8, 4) is 0 Å². The van der Waals surface area contributed by atoms with Crippen LogP contribution in [0.15, 0.2) is 5.16 Å². The number of thioether (sulfide) groups is 1. The number of nitrogens with one attached hydrogen (secondary N) is 1. The zero-order chi connectivity index (χ0) is 23.5. The molecule has 9 nitrogen and oxygen atoms in total. The summed E-state index contributed by atoms with van der Waals surface area (Å²) < 4.78 is 7.27. The van der Waals surface area contributed by atoms with Crippen molar-refractivity contribution in [1.29, 1.82) is 0 Å². The Morgan fingerprint density at radius 1 is 1.16 bits per heavy atom. The summed E-state index contributed by atoms with van der Waals surface area (Å²) >= 11 is 2.22. The Kier molecular flexibility index (Phi) is 8.24. The molecule has 2 aromatic heterocycles. The molecule has 2 rings (SSSR count). The first-order valence-electron chi connectivity index (χ1n) is 9.95. The molecule has 0 atom stereocenters. The standard InChI is InChI=1S/C20H29N5O4S2/c1-9(2)17-23-24-20(25(17)10(3)4)30-8-13(26)22-18-14(19(28)29-11(5)6)12(7)15(31-18)16(21)27/h9-11H,8H2,1-7H3,(H2,21,27)(H,22,26). The molecule has 11 heteroatoms. The van der Waals surface area contributed by atoms with Gasteiger partial charge in [-0.1, -0.05) is 25.6 Å². The predicted octanol–water partition coefficient (Wildman–Crippen LogP) is 3.75. The number of thiophene rings is 1. The van der Waals surface area contributed by atoms with Crippen molar-refractivity contribution in [3.05, 3.63) is 21.8 Å². The summed E-state index contributed by atoms with van der Waals surface area (Å²) in [5, 5.41) is 12.1. The minimum atomic E-state index is -0.665. The summed E-state index contributed by atoms with van der Waals surface area (Å²) in [6.07, 6.45) is -0.347. The number of nitrogens with two attached hydrogens (primary N) is 1. The maximum atomic E-state index is 12.6. The van der Waals surface area contributed by atoms with Crippen molar-refractivity contribution in [3.63, 3.8) is 0 Å². The fraction of sp³-hybridized carbons (Fsp3) is 0.550. The second-order valence-corrected chi connectivity index (χ2v) is 9.84. The van der Waals surface area contributed by atoms with Gasteiger partial charge in [0, 0.05) is 12.0 Å². The van der Waals surface area contributed by atoms with E-state index in [4.69, 9.17) is 10.5 Å². The Balaban J connectivity index is 2.22. The lowest BCUT2D eigenvalue weighted by atomic mass is 10.1. The molecular weight excluding hydrogens is 438 g/mol. The number of ether oxygens (including phenoxy) is 1. The highest BCUT2D eigenvalue weighted by Gasteiger charge is 2.27. The molecule has 170 valence electrons. The second-order valence-electron chi connectivity index (χ2n) is 7.87. The minimum Gasteiger partial charge on any atom is -0.459 e. The van der Waals surface area contributed by atoms with Gasteiger partial charge >= 0.3 is 5.97 Å². The lowest BCUT2D eigenvalue weighted by Crippen LogP contribution is -2.18. The number of aromatic nitrogens is 3. The van der Waals surface area contributed by atoms with E-state index in [-0.39, 0.29) is 45.2 Å². The lowest BCUT2D eigenvalue weighted by molar-refractivity contribution is -0.113. The molecule has 0 spiro atoms. The van der Waals surface area contributed by atoms with Crippen molar-refractivity contribution >= 4 is 45.9 Å². The van der Waals surface area contributed by atoms with E-state index < -0.39 is 11.9 Å². The molecule has 0 aliphatic heterocycles. The number of carbonyl (C=O) groups is 3. The van der Waals surface area contributed by atoms with Gasteiger partial charge in [0.1, 0.15) is 10.8 Å². The number of anilines is 1. The average Bonchev–Trinajstić information content (AvgIpc) is 3.20. The summed E-state index contributed by atoms with van der Waals surface area (Å²) in [6, 6.07) is 0.147. The molecule has 3 N–H and O–H groups in total. The summed E-state index contributed by atoms with van der Waals surface area (Å²) in [4.78, 5) is 37.1. The fourth-order valence-electron chi connectivity index (χ4n) is 2.91. The molecule has 0 aromatic carbocycles. The van der Waals surface area contributed by atoms with Crippen LogP contribution < -0.4 is 11.1 Å². The lowest BCUT2D eigenvalue weighted by Gasteiger charge is -2.15. The average molecular weight is 468 g/mol. The van der Waals surface area contributed by atoms with E-state index in [0.717, 1.165) is 17.2 Å². The zero-order valence-electron chi connectivity index (χ0n) is 18.8. The highest BCUT2D eigenvalue weighted by Crippen LogP contribution is 2.34. The molecule has 2 aromatic rings. The van der Waals surface area contributed by atoms with Crippen LogP contribution in [0.5, 0.6) is 0 Å². The Labute approximate surface area is 190 Å². The van der Waals surface area contributed by atoms with Gasteiger partial charge in [-0.15, -0.1) is 21.5 Å². The number of carbonyl (C=O) groups excluding carboxylic acids is 3. The van der Waals surface area contributed by atoms with Crippen molar-refractivity contribution < 1.29 is 19.1 Å². The van der Waals surface area contributed by atoms with Crippen molar-refractivity contribution in [2.24, 2.45) is 5.73 Å². The zero-order valence-corrected chi connectivity index (χ0v) is 20.4. The van der Waals surface area contributed by atoms with Gasteiger partial charge in [0.2, 0.25) is 5.91 Å². The first-order chi connectivity index (χ1) is 14.4. The fourth-order valence-corrected chi connectivity index (χ4v) is 4.85. The third-order valence-corrected chi connectivity index (χ3v) is 6.39. The molecule has 0 aliphatic carbocycles. The van der Waals surface area contributed by atoms with E-state index in [2.05, 4.69) is 15.5 Å². The second kappa shape index (κ2) is 10.3. The minimum absolute atomic E-state index is 0.0600. The first kappa shape index (κ1) is 24.9. The van der Waals surface area contributed by atoms with Crippen molar-refractivity contribution in [1.82, 2.24) is 14.8 Å². The van der Waals surface area contributed by atoms with Crippen LogP contribution in [-0.2, 0) is 9.53 Å². The van der Waals surface area contributed by atoms with Gasteiger partial charge < -0.3 is 20.4 Å². The maximum Gasteiger partial charge on any atom is 0.341 e. The van der Waals surface area contributed by atoms with Crippen LogP contribution in [0.4, 0.5) is 5.00 Å². The number of nitrogens with zero attached hydrogens (tertiary/aromatic N) is 3. The highest BCUT2D eigenvalue weighted by atomic mass is 32.2. The molecule has 2 heterocycles. The molecule has 0 radical (unpaired) electrons. The van der Waals surface area contributed by atoms with Crippen molar-refractivity contribution in [2.45, 2.75) is 71.7 Å². The largest absolute Gasteiger partial charge is 0.459 e. The van der Waals surface area contributed by atoms with E-state index in [1.807, 2.05) is 32.3 Å². The molecule has 0 saturated carbocycles. The molecule has 0 saturated heterocycles. The van der Waals surface area contributed by atoms with Crippen LogP contribution in [0, 0.1) is 6.92 Å². The number of hydrogen-bond donors (Lipinski definition) is 2. The maximum absolute atomic E-state index is 12.6. The van der Waals surface area contributed by atoms with Gasteiger partial charge in [0.15, 0.2) is 5.16 Å². The first-order valence-corrected chi connectivity index (χ1v) is 11.8. The monoisotopic (exact) mass is 467 g/mol. The Morgan fingerprint density at radius 3 is 2.32 bits per heavy atom. The molecular formula is C20H29N5O4S2. The number of primary amides is 1. The number of rotatable bonds is 9. The van der Waals surface area contributed by atoms with Crippen LogP contribution in [0.2, 0.25) is 0 Å². The van der Waals surface area contributed by atoms with Gasteiger partial charge in [-0.25, -0.2) is 4.79 Å². The number of amides is 2. The van der Waals surface area contributed by atoms with E-state index in [0.29, 0.717) is 10.7 Å². The summed E-state index contributed by atoms with van der Waals surface area (Å²) in [5.74, 6) is -0.497. The van der Waals surface area contributed by atoms with E-state index in [1.165, 1.54) is 11.8 Å². The normalized spacial score (nSPS) is 11.4. The molecule has 31 heavy (non-hydrogen) atoms. The Morgan fingerprint density at radius 2 is 1.81 bits per heavy atom. The van der Waals surface area contributed by atoms with E-state index >= 15 is 0 Å². The Hall–Kier alpha value is -2.40. The third-order valence-electron chi connectivity index (χ3n) is 4.23. The topological polar surface area (TPSA) is 129 Å². The highest BCUT2D eigenvalue weighted by molar-refractivity contribution is 7.99. The summed E-state index contributed by atoms with van der Waals surface area (Å²) in [6.45, 7) is 13.2. The van der Waals surface area contributed by atoms with Gasteiger partial charge in [-0.2, -0.15) is 0 Å². The van der Waals surface area contributed by atoms with Crippen LogP contribution in [-0.4, -0.2) is 44.4 Å². The van der Waals surface area contributed by atoms with Crippen molar-refractivity contribution in [2.75, 3.05) is 11.1 Å². The Bertz CT molecular complexity index is 979. The smallest absolute Gasteiger partial charge is 0.341 e. The molecule has 0 aliphatic rings. The van der Waals surface area contributed by atoms with Crippen LogP contribution in [0.3, 0.4) is 0 Å². The van der Waals surface area contributed by atoms with Gasteiger partial charge in [-0.3, -0.25) is 9.59 Å². The summed E-state index contributed by atoms with van der Waals surface area (Å²) in [5.41, 5.74) is 5.97. The third kappa shape index (κ3) is 5.85. The van der Waals surface area contributed by atoms with Crippen LogP contribution in [0.25, 0.3) is 0 Å². The predicted molar refractivity (Wildman–Crippen MR) is 122 cm³/mol. The van der Waals surface area contributed by atoms with Gasteiger partial charge in [0.25, 0.3) is 5.91 Å². The van der Waals surface area contributed by atoms with Crippen LogP contribution in [0.1, 0.15) is 84.9 Å². The number of esters is 1. The van der Waals surface area contributed by atoms with E-state index in [9.17, 15) is 14.4 Å². The summed E-state index contributed by atoms with van der Waals surface area (Å²) in [7, 11) is 0. The van der Waals surface area contributed by atoms with Gasteiger partial charge in [-0.05, 0) is 40.2 Å². The molecule has 2 amide bonds. The molecule has 0 fully saturated rings. The van der Waals surface area contributed by atoms with E-state index in [1.54, 1.807) is 20.8 Å². The number of hydrogen-bond acceptors (Lipinski definition) is 8. The SMILES string of the molecule is Cc1c(C(N)=O)sc(NC(=O)CSc2nnc(C(C)C)n2C(C)C)c1C(=O)OC(C)C. The molecule has 0 bridgehead atoms. The van der Waals surface area contributed by atoms with Gasteiger partial charge in [0.05, 0.1) is 22.3 Å². The quantitative estimate of drug-likeness (QED) is 0.424. The molecule has 0 unspecified atom stereocenters. The van der Waals surface area contributed by atoms with Crippen LogP contribution >= 0.6 is 23.1 Å².